The number of ether oxygens (including phenoxy) is 2. The fourth-order valence-electron chi connectivity index (χ4n) is 3.36. The van der Waals surface area contributed by atoms with Gasteiger partial charge in [-0.25, -0.2) is 9.37 Å². The third-order valence-electron chi connectivity index (χ3n) is 5.11. The summed E-state index contributed by atoms with van der Waals surface area (Å²) < 4.78 is 27.4. The minimum absolute atomic E-state index is 0.0158. The number of fused-ring (bicyclic) bond motifs is 1. The first kappa shape index (κ1) is 21.8. The van der Waals surface area contributed by atoms with Crippen LogP contribution in [0, 0.1) is 17.1 Å². The van der Waals surface area contributed by atoms with Crippen molar-refractivity contribution in [1.29, 1.82) is 5.26 Å². The third kappa shape index (κ3) is 4.32. The molecule has 166 valence electrons. The standard InChI is InChI=1S/C24H20FN5O3/c1-4-15-9-14(12-26)10-18(25)22(15)33-20-11-19-21(27-13-30(19)2)23(28-20)29-24(31)16-5-7-17(32-3)8-6-16/h5-11,13H,4H2,1-3H3,(H,28,29,31). The summed E-state index contributed by atoms with van der Waals surface area (Å²) in [7, 11) is 3.33. The maximum absolute atomic E-state index is 14.7. The molecule has 0 saturated carbocycles. The largest absolute Gasteiger partial charge is 0.497 e. The number of imidazole rings is 1. The number of aromatic nitrogens is 3. The van der Waals surface area contributed by atoms with Crippen LogP contribution in [0.5, 0.6) is 17.4 Å². The van der Waals surface area contributed by atoms with Gasteiger partial charge < -0.3 is 19.4 Å². The van der Waals surface area contributed by atoms with E-state index >= 15 is 0 Å². The number of nitriles is 1. The highest BCUT2D eigenvalue weighted by atomic mass is 19.1. The topological polar surface area (TPSA) is 102 Å². The van der Waals surface area contributed by atoms with Gasteiger partial charge in [-0.05, 0) is 48.4 Å². The van der Waals surface area contributed by atoms with Gasteiger partial charge >= 0.3 is 0 Å². The fraction of sp³-hybridized carbons (Fsp3) is 0.167. The second-order valence-corrected chi connectivity index (χ2v) is 7.23. The number of amides is 1. The van der Waals surface area contributed by atoms with Crippen LogP contribution in [0.3, 0.4) is 0 Å². The smallest absolute Gasteiger partial charge is 0.256 e. The van der Waals surface area contributed by atoms with Crippen molar-refractivity contribution in [3.8, 4) is 23.4 Å². The molecule has 9 heteroatoms. The van der Waals surface area contributed by atoms with E-state index in [4.69, 9.17) is 14.7 Å². The average molecular weight is 445 g/mol. The van der Waals surface area contributed by atoms with Crippen molar-refractivity contribution in [1.82, 2.24) is 14.5 Å². The van der Waals surface area contributed by atoms with Gasteiger partial charge in [0.1, 0.15) is 11.3 Å². The first-order chi connectivity index (χ1) is 15.9. The van der Waals surface area contributed by atoms with E-state index in [0.717, 1.165) is 6.07 Å². The molecule has 8 nitrogen and oxygen atoms in total. The lowest BCUT2D eigenvalue weighted by Gasteiger charge is -2.13. The molecule has 1 N–H and O–H groups in total. The van der Waals surface area contributed by atoms with Crippen LogP contribution in [0.1, 0.15) is 28.4 Å². The molecule has 2 heterocycles. The number of halogens is 1. The highest BCUT2D eigenvalue weighted by molar-refractivity contribution is 6.07. The maximum Gasteiger partial charge on any atom is 0.256 e. The molecule has 2 aromatic heterocycles. The monoisotopic (exact) mass is 445 g/mol. The van der Waals surface area contributed by atoms with E-state index < -0.39 is 11.7 Å². The zero-order valence-corrected chi connectivity index (χ0v) is 18.2. The predicted octanol–water partition coefficient (Wildman–Crippen LogP) is 4.59. The molecule has 1 amide bonds. The van der Waals surface area contributed by atoms with Crippen LogP contribution in [-0.2, 0) is 13.5 Å². The maximum atomic E-state index is 14.7. The average Bonchev–Trinajstić information content (AvgIpc) is 3.21. The number of carbonyl (C=O) groups excluding carboxylic acids is 1. The molecular weight excluding hydrogens is 425 g/mol. The summed E-state index contributed by atoms with van der Waals surface area (Å²) in [5.74, 6) is -0.193. The first-order valence-corrected chi connectivity index (χ1v) is 10.1. The molecule has 0 fully saturated rings. The minimum atomic E-state index is -0.665. The van der Waals surface area contributed by atoms with Gasteiger partial charge in [0, 0.05) is 18.7 Å². The quantitative estimate of drug-likeness (QED) is 0.466. The number of hydrogen-bond donors (Lipinski definition) is 1. The number of nitrogens with one attached hydrogen (secondary N) is 1. The molecule has 0 spiro atoms. The van der Waals surface area contributed by atoms with Crippen molar-refractivity contribution in [3.05, 3.63) is 71.3 Å². The minimum Gasteiger partial charge on any atom is -0.497 e. The number of nitrogens with zero attached hydrogens (tertiary/aromatic N) is 4. The molecule has 0 unspecified atom stereocenters. The lowest BCUT2D eigenvalue weighted by Crippen LogP contribution is -2.13. The van der Waals surface area contributed by atoms with Gasteiger partial charge in [0.05, 0.1) is 30.6 Å². The normalized spacial score (nSPS) is 10.6. The second-order valence-electron chi connectivity index (χ2n) is 7.23. The van der Waals surface area contributed by atoms with Crippen LogP contribution >= 0.6 is 0 Å². The summed E-state index contributed by atoms with van der Waals surface area (Å²) in [5, 5.41) is 11.9. The Labute approximate surface area is 189 Å². The molecule has 4 rings (SSSR count). The third-order valence-corrected chi connectivity index (χ3v) is 5.11. The van der Waals surface area contributed by atoms with Gasteiger partial charge in [0.25, 0.3) is 5.91 Å². The Morgan fingerprint density at radius 3 is 2.67 bits per heavy atom. The fourth-order valence-corrected chi connectivity index (χ4v) is 3.36. The molecule has 0 aliphatic heterocycles. The number of anilines is 1. The number of carbonyl (C=O) groups is 1. The Kier molecular flexibility index (Phi) is 5.91. The molecule has 2 aromatic carbocycles. The van der Waals surface area contributed by atoms with Gasteiger partial charge in [-0.1, -0.05) is 6.92 Å². The Hall–Kier alpha value is -4.45. The molecule has 0 aliphatic carbocycles. The Bertz CT molecular complexity index is 1390. The van der Waals surface area contributed by atoms with Crippen LogP contribution in [0.2, 0.25) is 0 Å². The highest BCUT2D eigenvalue weighted by Crippen LogP contribution is 2.32. The van der Waals surface area contributed by atoms with Crippen LogP contribution < -0.4 is 14.8 Å². The van der Waals surface area contributed by atoms with Gasteiger partial charge in [-0.3, -0.25) is 4.79 Å². The molecule has 0 saturated heterocycles. The molecule has 0 radical (unpaired) electrons. The van der Waals surface area contributed by atoms with Gasteiger partial charge in [-0.2, -0.15) is 10.2 Å². The van der Waals surface area contributed by atoms with Crippen molar-refractivity contribution < 1.29 is 18.7 Å². The number of rotatable bonds is 6. The predicted molar refractivity (Wildman–Crippen MR) is 120 cm³/mol. The number of aryl methyl sites for hydroxylation is 2. The first-order valence-electron chi connectivity index (χ1n) is 10.1. The van der Waals surface area contributed by atoms with Crippen LogP contribution in [0.4, 0.5) is 10.2 Å². The van der Waals surface area contributed by atoms with Gasteiger partial charge in [0.2, 0.25) is 5.88 Å². The molecular formula is C24H20FN5O3. The van der Waals surface area contributed by atoms with Crippen LogP contribution in [-0.4, -0.2) is 27.6 Å². The SMILES string of the molecule is CCc1cc(C#N)cc(F)c1Oc1cc2c(ncn2C)c(NC(=O)c2ccc(OC)cc2)n1. The Morgan fingerprint density at radius 2 is 2.00 bits per heavy atom. The van der Waals surface area contributed by atoms with Crippen molar-refractivity contribution in [3.63, 3.8) is 0 Å². The van der Waals surface area contributed by atoms with E-state index in [1.807, 2.05) is 13.0 Å². The van der Waals surface area contributed by atoms with E-state index in [1.165, 1.54) is 0 Å². The summed E-state index contributed by atoms with van der Waals surface area (Å²) in [6.45, 7) is 1.83. The summed E-state index contributed by atoms with van der Waals surface area (Å²) in [6.07, 6.45) is 2.04. The summed E-state index contributed by atoms with van der Waals surface area (Å²) >= 11 is 0. The van der Waals surface area contributed by atoms with Crippen molar-refractivity contribution >= 4 is 22.8 Å². The van der Waals surface area contributed by atoms with E-state index in [9.17, 15) is 9.18 Å². The molecule has 4 aromatic rings. The summed E-state index contributed by atoms with van der Waals surface area (Å²) in [4.78, 5) is 21.5. The lowest BCUT2D eigenvalue weighted by molar-refractivity contribution is 0.102. The summed E-state index contributed by atoms with van der Waals surface area (Å²) in [5.41, 5.74) is 2.24. The molecule has 0 atom stereocenters. The summed E-state index contributed by atoms with van der Waals surface area (Å²) in [6, 6.07) is 12.9. The van der Waals surface area contributed by atoms with E-state index in [-0.39, 0.29) is 23.0 Å². The molecule has 0 bridgehead atoms. The van der Waals surface area contributed by atoms with E-state index in [1.54, 1.807) is 61.5 Å². The van der Waals surface area contributed by atoms with Crippen LogP contribution in [0.25, 0.3) is 11.0 Å². The number of methoxy groups -OCH3 is 1. The van der Waals surface area contributed by atoms with E-state index in [2.05, 4.69) is 15.3 Å². The Morgan fingerprint density at radius 1 is 1.24 bits per heavy atom. The number of benzene rings is 2. The van der Waals surface area contributed by atoms with Crippen LogP contribution in [0.15, 0.2) is 48.8 Å². The van der Waals surface area contributed by atoms with Gasteiger partial charge in [-0.15, -0.1) is 0 Å². The molecule has 0 aliphatic rings. The zero-order chi connectivity index (χ0) is 23.5. The zero-order valence-electron chi connectivity index (χ0n) is 18.2. The molecule has 33 heavy (non-hydrogen) atoms. The number of hydrogen-bond acceptors (Lipinski definition) is 6. The Balaban J connectivity index is 1.72. The van der Waals surface area contributed by atoms with E-state index in [0.29, 0.717) is 34.3 Å². The van der Waals surface area contributed by atoms with Crippen molar-refractivity contribution in [2.24, 2.45) is 7.05 Å². The lowest BCUT2D eigenvalue weighted by atomic mass is 10.1. The van der Waals surface area contributed by atoms with Crippen molar-refractivity contribution in [2.45, 2.75) is 13.3 Å². The highest BCUT2D eigenvalue weighted by Gasteiger charge is 2.18. The number of pyridine rings is 1. The second kappa shape index (κ2) is 8.96. The van der Waals surface area contributed by atoms with Crippen molar-refractivity contribution in [2.75, 3.05) is 12.4 Å². The van der Waals surface area contributed by atoms with Gasteiger partial charge in [0.15, 0.2) is 17.4 Å².